The van der Waals surface area contributed by atoms with Crippen LogP contribution in [0.25, 0.3) is 11.4 Å². The van der Waals surface area contributed by atoms with Gasteiger partial charge < -0.3 is 5.73 Å². The Balaban J connectivity index is 2.19. The molecule has 3 rings (SSSR count). The number of benzene rings is 1. The highest BCUT2D eigenvalue weighted by Gasteiger charge is 2.26. The van der Waals surface area contributed by atoms with Crippen molar-refractivity contribution in [2.75, 3.05) is 0 Å². The fourth-order valence-electron chi connectivity index (χ4n) is 2.58. The van der Waals surface area contributed by atoms with Gasteiger partial charge in [-0.15, -0.1) is 0 Å². The number of aromatic nitrogens is 4. The van der Waals surface area contributed by atoms with Crippen LogP contribution in [0.2, 0.25) is 0 Å². The van der Waals surface area contributed by atoms with Gasteiger partial charge in [0.2, 0.25) is 0 Å². The van der Waals surface area contributed by atoms with E-state index in [4.69, 9.17) is 5.73 Å². The molecule has 0 radical (unpaired) electrons. The summed E-state index contributed by atoms with van der Waals surface area (Å²) in [7, 11) is 0. The Morgan fingerprint density at radius 3 is 2.64 bits per heavy atom. The van der Waals surface area contributed by atoms with Crippen LogP contribution in [0.15, 0.2) is 52.6 Å². The van der Waals surface area contributed by atoms with Gasteiger partial charge in [0.15, 0.2) is 0 Å². The van der Waals surface area contributed by atoms with Gasteiger partial charge in [-0.3, -0.25) is 14.9 Å². The number of H-pyrrole nitrogens is 1. The molecule has 7 heteroatoms. The highest BCUT2D eigenvalue weighted by atomic mass is 16.1. The molecule has 0 saturated heterocycles. The smallest absolute Gasteiger partial charge is 0.278 e. The van der Waals surface area contributed by atoms with Gasteiger partial charge in [-0.1, -0.05) is 39.0 Å². The van der Waals surface area contributed by atoms with Crippen molar-refractivity contribution in [2.45, 2.75) is 26.2 Å². The minimum absolute atomic E-state index is 0.197. The average molecular weight is 336 g/mol. The van der Waals surface area contributed by atoms with E-state index in [2.05, 4.69) is 20.1 Å². The van der Waals surface area contributed by atoms with Gasteiger partial charge >= 0.3 is 0 Å². The minimum atomic E-state index is -0.430. The molecular formula is C18H20N6O. The van der Waals surface area contributed by atoms with Crippen molar-refractivity contribution in [3.05, 3.63) is 64.5 Å². The van der Waals surface area contributed by atoms with Gasteiger partial charge in [0, 0.05) is 18.0 Å². The number of aliphatic imine (C=N–C) groups is 1. The second kappa shape index (κ2) is 6.35. The Kier molecular flexibility index (Phi) is 4.22. The number of para-hydroxylation sites is 1. The number of hydrogen-bond acceptors (Lipinski definition) is 5. The molecule has 25 heavy (non-hydrogen) atoms. The highest BCUT2D eigenvalue weighted by Crippen LogP contribution is 2.26. The van der Waals surface area contributed by atoms with Gasteiger partial charge in [0.05, 0.1) is 16.9 Å². The highest BCUT2D eigenvalue weighted by molar-refractivity contribution is 6.10. The number of fused-ring (bicyclic) bond motifs is 1. The largest absolute Gasteiger partial charge is 0.404 e. The van der Waals surface area contributed by atoms with Crippen LogP contribution in [0.5, 0.6) is 0 Å². The molecule has 0 amide bonds. The normalized spacial score (nSPS) is 13.0. The summed E-state index contributed by atoms with van der Waals surface area (Å²) in [6.07, 6.45) is 4.46. The number of rotatable bonds is 3. The molecule has 3 aromatic rings. The molecule has 0 aliphatic rings. The number of aromatic amines is 1. The van der Waals surface area contributed by atoms with Crippen LogP contribution in [0.3, 0.4) is 0 Å². The van der Waals surface area contributed by atoms with E-state index in [1.165, 1.54) is 17.0 Å². The first-order valence-electron chi connectivity index (χ1n) is 7.90. The third kappa shape index (κ3) is 3.21. The number of allylic oxidation sites excluding steroid dienone is 1. The summed E-state index contributed by atoms with van der Waals surface area (Å²) in [6.45, 7) is 5.88. The molecule has 0 aliphatic heterocycles. The van der Waals surface area contributed by atoms with Crippen LogP contribution >= 0.6 is 0 Å². The molecule has 0 bridgehead atoms. The Morgan fingerprint density at radius 2 is 2.00 bits per heavy atom. The first-order valence-corrected chi connectivity index (χ1v) is 7.90. The zero-order chi connectivity index (χ0) is 18.0. The molecule has 7 nitrogen and oxygen atoms in total. The van der Waals surface area contributed by atoms with Crippen molar-refractivity contribution < 1.29 is 0 Å². The zero-order valence-electron chi connectivity index (χ0n) is 14.4. The Labute approximate surface area is 144 Å². The lowest BCUT2D eigenvalue weighted by Gasteiger charge is -2.21. The zero-order valence-corrected chi connectivity index (χ0v) is 14.4. The maximum Gasteiger partial charge on any atom is 0.278 e. The molecule has 3 N–H and O–H groups in total. The fraction of sp³-hybridized carbons (Fsp3) is 0.222. The van der Waals surface area contributed by atoms with Gasteiger partial charge in [0.1, 0.15) is 6.33 Å². The summed E-state index contributed by atoms with van der Waals surface area (Å²) in [5, 5.41) is 2.79. The Morgan fingerprint density at radius 1 is 1.28 bits per heavy atom. The molecule has 2 aromatic heterocycles. The van der Waals surface area contributed by atoms with E-state index in [1.54, 1.807) is 6.21 Å². The predicted octanol–water partition coefficient (Wildman–Crippen LogP) is 2.42. The lowest BCUT2D eigenvalue weighted by Crippen LogP contribution is -2.31. The number of nitrogens with two attached hydrogens (primary N) is 1. The van der Waals surface area contributed by atoms with E-state index in [1.807, 2.05) is 51.1 Å². The first kappa shape index (κ1) is 16.6. The number of nitrogens with zero attached hydrogens (tertiary/aromatic N) is 4. The van der Waals surface area contributed by atoms with Crippen molar-refractivity contribution in [1.29, 1.82) is 0 Å². The third-order valence-electron chi connectivity index (χ3n) is 3.74. The summed E-state index contributed by atoms with van der Waals surface area (Å²) < 4.78 is 1.33. The lowest BCUT2D eigenvalue weighted by atomic mass is 9.85. The fourth-order valence-corrected chi connectivity index (χ4v) is 2.58. The molecule has 128 valence electrons. The Hall–Kier alpha value is -3.22. The summed E-state index contributed by atoms with van der Waals surface area (Å²) in [5.41, 5.74) is 7.59. The van der Waals surface area contributed by atoms with E-state index < -0.39 is 5.41 Å². The quantitative estimate of drug-likeness (QED) is 0.717. The van der Waals surface area contributed by atoms with Crippen LogP contribution in [0.4, 0.5) is 5.69 Å². The van der Waals surface area contributed by atoms with Gasteiger partial charge in [-0.25, -0.2) is 9.97 Å². The van der Waals surface area contributed by atoms with E-state index in [0.717, 1.165) is 5.69 Å². The van der Waals surface area contributed by atoms with Crippen LogP contribution in [0, 0.1) is 0 Å². The van der Waals surface area contributed by atoms with Crippen LogP contribution in [-0.2, 0) is 5.41 Å². The first-order chi connectivity index (χ1) is 11.9. The van der Waals surface area contributed by atoms with E-state index >= 15 is 0 Å². The van der Waals surface area contributed by atoms with Crippen molar-refractivity contribution in [1.82, 2.24) is 19.6 Å². The maximum atomic E-state index is 12.9. The van der Waals surface area contributed by atoms with E-state index in [-0.39, 0.29) is 5.56 Å². The van der Waals surface area contributed by atoms with Crippen molar-refractivity contribution in [3.8, 4) is 0 Å². The predicted molar refractivity (Wildman–Crippen MR) is 99.1 cm³/mol. The monoisotopic (exact) mass is 336 g/mol. The Bertz CT molecular complexity index is 1010. The lowest BCUT2D eigenvalue weighted by molar-refractivity contribution is 0.571. The summed E-state index contributed by atoms with van der Waals surface area (Å²) >= 11 is 0. The molecule has 0 unspecified atom stereocenters. The topological polar surface area (TPSA) is 101 Å². The van der Waals surface area contributed by atoms with E-state index in [0.29, 0.717) is 22.6 Å². The second-order valence-electron chi connectivity index (χ2n) is 6.63. The molecule has 0 atom stereocenters. The maximum absolute atomic E-state index is 12.9. The molecule has 2 heterocycles. The van der Waals surface area contributed by atoms with Crippen molar-refractivity contribution >= 4 is 23.3 Å². The summed E-state index contributed by atoms with van der Waals surface area (Å²) in [5.74, 6) is 0.292. The second-order valence-corrected chi connectivity index (χ2v) is 6.63. The molecular weight excluding hydrogens is 316 g/mol. The molecule has 0 fully saturated rings. The van der Waals surface area contributed by atoms with Gasteiger partial charge in [-0.05, 0) is 17.5 Å². The van der Waals surface area contributed by atoms with Gasteiger partial charge in [-0.2, -0.15) is 4.52 Å². The summed E-state index contributed by atoms with van der Waals surface area (Å²) in [6, 6.07) is 9.49. The van der Waals surface area contributed by atoms with Crippen LogP contribution in [-0.4, -0.2) is 25.8 Å². The molecule has 0 saturated carbocycles. The minimum Gasteiger partial charge on any atom is -0.404 e. The molecule has 1 aromatic carbocycles. The van der Waals surface area contributed by atoms with Gasteiger partial charge in [0.25, 0.3) is 11.3 Å². The van der Waals surface area contributed by atoms with Crippen molar-refractivity contribution in [3.63, 3.8) is 0 Å². The molecule has 0 spiro atoms. The van der Waals surface area contributed by atoms with Crippen molar-refractivity contribution in [2.24, 2.45) is 10.7 Å². The number of hydrogen-bond donors (Lipinski definition) is 2. The third-order valence-corrected chi connectivity index (χ3v) is 3.74. The SMILES string of the molecule is CC(C)(C)c1c(C(C=Nc2ccccc2)=CN)nc2nc[nH]n2c1=O. The summed E-state index contributed by atoms with van der Waals surface area (Å²) in [4.78, 5) is 25.9. The van der Waals surface area contributed by atoms with Crippen LogP contribution in [0.1, 0.15) is 32.0 Å². The molecule has 0 aliphatic carbocycles. The van der Waals surface area contributed by atoms with Crippen LogP contribution < -0.4 is 11.3 Å². The average Bonchev–Trinajstić information content (AvgIpc) is 3.04. The van der Waals surface area contributed by atoms with E-state index in [9.17, 15) is 4.79 Å². The number of nitrogens with one attached hydrogen (secondary N) is 1. The standard InChI is InChI=1S/C18H20N6O/c1-18(2,3)14-15(23-17-21-11-22-24(17)16(14)25)12(9-19)10-20-13-7-5-4-6-8-13/h4-11H,19H2,1-3H3,(H,21,22,23).